The summed E-state index contributed by atoms with van der Waals surface area (Å²) in [6.07, 6.45) is 2.13. The van der Waals surface area contributed by atoms with Crippen molar-refractivity contribution >= 4 is 5.69 Å². The fraction of sp³-hybridized carbons (Fsp3) is 0.294. The van der Waals surface area contributed by atoms with E-state index in [-0.39, 0.29) is 11.9 Å². The van der Waals surface area contributed by atoms with Gasteiger partial charge in [0.15, 0.2) is 11.6 Å². The topological polar surface area (TPSA) is 21.3 Å². The summed E-state index contributed by atoms with van der Waals surface area (Å²) >= 11 is 0. The van der Waals surface area contributed by atoms with Crippen molar-refractivity contribution in [3.63, 3.8) is 0 Å². The molecular formula is C17H18FNO. The summed E-state index contributed by atoms with van der Waals surface area (Å²) in [5.74, 6) is -0.00648. The Hall–Kier alpha value is -2.03. The smallest absolute Gasteiger partial charge is 0.167 e. The highest BCUT2D eigenvalue weighted by atomic mass is 19.1. The maximum Gasteiger partial charge on any atom is 0.167 e. The summed E-state index contributed by atoms with van der Waals surface area (Å²) in [4.78, 5) is 0. The van der Waals surface area contributed by atoms with Gasteiger partial charge in [0.25, 0.3) is 0 Å². The number of fused-ring (bicyclic) bond motifs is 1. The Kier molecular flexibility index (Phi) is 3.59. The van der Waals surface area contributed by atoms with Crippen LogP contribution >= 0.6 is 0 Å². The van der Waals surface area contributed by atoms with Gasteiger partial charge >= 0.3 is 0 Å². The van der Waals surface area contributed by atoms with Gasteiger partial charge < -0.3 is 10.1 Å². The van der Waals surface area contributed by atoms with Crippen molar-refractivity contribution in [1.82, 2.24) is 0 Å². The summed E-state index contributed by atoms with van der Waals surface area (Å²) < 4.78 is 19.1. The maximum atomic E-state index is 13.8. The second-order valence-electron chi connectivity index (χ2n) is 5.01. The highest BCUT2D eigenvalue weighted by Crippen LogP contribution is 2.34. The van der Waals surface area contributed by atoms with E-state index < -0.39 is 0 Å². The van der Waals surface area contributed by atoms with Gasteiger partial charge in [-0.2, -0.15) is 0 Å². The number of hydrogen-bond acceptors (Lipinski definition) is 2. The van der Waals surface area contributed by atoms with E-state index in [4.69, 9.17) is 4.74 Å². The van der Waals surface area contributed by atoms with Crippen LogP contribution in [0.2, 0.25) is 0 Å². The number of hydrogen-bond donors (Lipinski definition) is 1. The van der Waals surface area contributed by atoms with E-state index in [1.807, 2.05) is 13.0 Å². The molecule has 0 aromatic heterocycles. The van der Waals surface area contributed by atoms with Gasteiger partial charge in [0.05, 0.1) is 12.6 Å². The van der Waals surface area contributed by atoms with Gasteiger partial charge in [0.1, 0.15) is 0 Å². The van der Waals surface area contributed by atoms with Crippen LogP contribution < -0.4 is 10.1 Å². The molecule has 2 nitrogen and oxygen atoms in total. The van der Waals surface area contributed by atoms with Crippen LogP contribution in [0.3, 0.4) is 0 Å². The zero-order chi connectivity index (χ0) is 13.9. The van der Waals surface area contributed by atoms with Crippen LogP contribution in [0.1, 0.15) is 30.5 Å². The minimum absolute atomic E-state index is 0.267. The lowest BCUT2D eigenvalue weighted by Crippen LogP contribution is -2.07. The van der Waals surface area contributed by atoms with Crippen molar-refractivity contribution in [1.29, 1.82) is 0 Å². The highest BCUT2D eigenvalue weighted by molar-refractivity contribution is 5.50. The molecule has 0 radical (unpaired) electrons. The molecule has 0 saturated heterocycles. The molecule has 0 saturated carbocycles. The molecule has 0 heterocycles. The first-order chi connectivity index (χ1) is 9.78. The van der Waals surface area contributed by atoms with Crippen LogP contribution in [-0.4, -0.2) is 6.61 Å². The van der Waals surface area contributed by atoms with Crippen molar-refractivity contribution in [3.8, 4) is 5.75 Å². The maximum absolute atomic E-state index is 13.8. The normalized spacial score (nSPS) is 16.8. The van der Waals surface area contributed by atoms with E-state index >= 15 is 0 Å². The summed E-state index contributed by atoms with van der Waals surface area (Å²) in [7, 11) is 0. The summed E-state index contributed by atoms with van der Waals surface area (Å²) in [6.45, 7) is 2.32. The molecule has 2 aromatic carbocycles. The number of ether oxygens (including phenoxy) is 1. The predicted octanol–water partition coefficient (Wildman–Crippen LogP) is 4.32. The zero-order valence-electron chi connectivity index (χ0n) is 11.5. The van der Waals surface area contributed by atoms with Crippen LogP contribution in [0.25, 0.3) is 0 Å². The van der Waals surface area contributed by atoms with Crippen molar-refractivity contribution in [2.24, 2.45) is 0 Å². The van der Waals surface area contributed by atoms with Crippen LogP contribution in [0.4, 0.5) is 10.1 Å². The first kappa shape index (κ1) is 13.0. The molecule has 1 atom stereocenters. The van der Waals surface area contributed by atoms with Crippen molar-refractivity contribution in [3.05, 3.63) is 59.4 Å². The summed E-state index contributed by atoms with van der Waals surface area (Å²) in [5.41, 5.74) is 3.51. The van der Waals surface area contributed by atoms with E-state index in [1.165, 1.54) is 17.2 Å². The lowest BCUT2D eigenvalue weighted by Gasteiger charge is -2.16. The molecule has 0 aliphatic heterocycles. The Labute approximate surface area is 118 Å². The third-order valence-electron chi connectivity index (χ3n) is 3.71. The third kappa shape index (κ3) is 2.48. The molecule has 0 bridgehead atoms. The highest BCUT2D eigenvalue weighted by Gasteiger charge is 2.21. The molecular weight excluding hydrogens is 253 g/mol. The van der Waals surface area contributed by atoms with Crippen LogP contribution in [0.15, 0.2) is 42.5 Å². The average Bonchev–Trinajstić information content (AvgIpc) is 2.86. The third-order valence-corrected chi connectivity index (χ3v) is 3.71. The molecule has 1 N–H and O–H groups in total. The van der Waals surface area contributed by atoms with Gasteiger partial charge in [-0.1, -0.05) is 24.3 Å². The van der Waals surface area contributed by atoms with Crippen molar-refractivity contribution < 1.29 is 9.13 Å². The summed E-state index contributed by atoms with van der Waals surface area (Å²) in [5, 5.41) is 3.41. The molecule has 20 heavy (non-hydrogen) atoms. The van der Waals surface area contributed by atoms with E-state index in [9.17, 15) is 4.39 Å². The van der Waals surface area contributed by atoms with Gasteiger partial charge in [0.2, 0.25) is 0 Å². The molecule has 0 fully saturated rings. The van der Waals surface area contributed by atoms with Gasteiger partial charge in [-0.3, -0.25) is 0 Å². The summed E-state index contributed by atoms with van der Waals surface area (Å²) in [6, 6.07) is 13.8. The molecule has 3 rings (SSSR count). The number of rotatable bonds is 4. The van der Waals surface area contributed by atoms with Gasteiger partial charge in [-0.05, 0) is 43.0 Å². The second kappa shape index (κ2) is 5.53. The molecule has 0 amide bonds. The van der Waals surface area contributed by atoms with Crippen LogP contribution in [0.5, 0.6) is 5.75 Å². The average molecular weight is 271 g/mol. The minimum Gasteiger partial charge on any atom is -0.491 e. The Morgan fingerprint density at radius 3 is 2.90 bits per heavy atom. The fourth-order valence-electron chi connectivity index (χ4n) is 2.77. The standard InChI is InChI=1S/C17H18FNO/c1-2-20-17-10-8-13(11-15(17)18)19-16-9-7-12-5-3-4-6-14(12)16/h3-6,8,10-11,16,19H,2,7,9H2,1H3. The Balaban J connectivity index is 1.78. The number of benzene rings is 2. The largest absolute Gasteiger partial charge is 0.491 e. The molecule has 104 valence electrons. The van der Waals surface area contributed by atoms with Gasteiger partial charge in [0, 0.05) is 11.8 Å². The predicted molar refractivity (Wildman–Crippen MR) is 78.7 cm³/mol. The number of anilines is 1. The minimum atomic E-state index is -0.317. The van der Waals surface area contributed by atoms with E-state index in [1.54, 1.807) is 6.07 Å². The first-order valence-corrected chi connectivity index (χ1v) is 7.04. The zero-order valence-corrected chi connectivity index (χ0v) is 11.5. The number of nitrogens with one attached hydrogen (secondary N) is 1. The van der Waals surface area contributed by atoms with Crippen LogP contribution in [-0.2, 0) is 6.42 Å². The van der Waals surface area contributed by atoms with E-state index in [0.717, 1.165) is 18.5 Å². The quantitative estimate of drug-likeness (QED) is 0.894. The van der Waals surface area contributed by atoms with Crippen LogP contribution in [0, 0.1) is 5.82 Å². The monoisotopic (exact) mass is 271 g/mol. The molecule has 3 heteroatoms. The number of aryl methyl sites for hydroxylation is 1. The van der Waals surface area contributed by atoms with Crippen molar-refractivity contribution in [2.45, 2.75) is 25.8 Å². The first-order valence-electron chi connectivity index (χ1n) is 7.04. The molecule has 1 unspecified atom stereocenters. The van der Waals surface area contributed by atoms with Crippen molar-refractivity contribution in [2.75, 3.05) is 11.9 Å². The number of halogens is 1. The van der Waals surface area contributed by atoms with E-state index in [2.05, 4.69) is 29.6 Å². The fourth-order valence-corrected chi connectivity index (χ4v) is 2.77. The van der Waals surface area contributed by atoms with E-state index in [0.29, 0.717) is 12.4 Å². The lowest BCUT2D eigenvalue weighted by atomic mass is 10.1. The molecule has 1 aliphatic rings. The molecule has 2 aromatic rings. The second-order valence-corrected chi connectivity index (χ2v) is 5.01. The lowest BCUT2D eigenvalue weighted by molar-refractivity contribution is 0.321. The van der Waals surface area contributed by atoms with Gasteiger partial charge in [-0.25, -0.2) is 4.39 Å². The SMILES string of the molecule is CCOc1ccc(NC2CCc3ccccc32)cc1F. The van der Waals surface area contributed by atoms with Gasteiger partial charge in [-0.15, -0.1) is 0 Å². The molecule has 1 aliphatic carbocycles. The Morgan fingerprint density at radius 2 is 2.10 bits per heavy atom. The Morgan fingerprint density at radius 1 is 1.25 bits per heavy atom. The Bertz CT molecular complexity index is 612. The molecule has 0 spiro atoms.